The Morgan fingerprint density at radius 1 is 1.40 bits per heavy atom. The molecule has 4 heteroatoms. The maximum absolute atomic E-state index is 12.5. The number of benzene rings is 1. The zero-order valence-electron chi connectivity index (χ0n) is 12.1. The summed E-state index contributed by atoms with van der Waals surface area (Å²) in [6, 6.07) is 10.8. The lowest BCUT2D eigenvalue weighted by Crippen LogP contribution is -2.52. The van der Waals surface area contributed by atoms with Crippen molar-refractivity contribution < 1.29 is 4.79 Å². The minimum atomic E-state index is 0.211. The highest BCUT2D eigenvalue weighted by Gasteiger charge is 2.21. The van der Waals surface area contributed by atoms with Crippen molar-refractivity contribution in [2.45, 2.75) is 26.4 Å². The van der Waals surface area contributed by atoms with Crippen LogP contribution in [0.25, 0.3) is 10.9 Å². The van der Waals surface area contributed by atoms with Gasteiger partial charge in [0.15, 0.2) is 0 Å². The number of carbonyl (C=O) groups is 1. The van der Waals surface area contributed by atoms with Gasteiger partial charge in [-0.1, -0.05) is 18.2 Å². The molecule has 0 bridgehead atoms. The molecule has 1 aromatic carbocycles. The van der Waals surface area contributed by atoms with Crippen LogP contribution in [0, 0.1) is 6.92 Å². The lowest BCUT2D eigenvalue weighted by atomic mass is 10.2. The second-order valence-electron chi connectivity index (χ2n) is 5.63. The number of hydrogen-bond acceptors (Lipinski definition) is 2. The summed E-state index contributed by atoms with van der Waals surface area (Å²) < 4.78 is 2.12. The highest BCUT2D eigenvalue weighted by molar-refractivity contribution is 5.84. The molecule has 2 heterocycles. The fraction of sp³-hybridized carbons (Fsp3) is 0.438. The second kappa shape index (κ2) is 5.29. The highest BCUT2D eigenvalue weighted by Crippen LogP contribution is 2.19. The zero-order valence-corrected chi connectivity index (χ0v) is 12.1. The van der Waals surface area contributed by atoms with E-state index in [1.165, 1.54) is 5.39 Å². The van der Waals surface area contributed by atoms with Gasteiger partial charge in [-0.2, -0.15) is 0 Å². The molecule has 1 aliphatic rings. The van der Waals surface area contributed by atoms with E-state index in [1.807, 2.05) is 17.0 Å². The van der Waals surface area contributed by atoms with E-state index in [4.69, 9.17) is 0 Å². The van der Waals surface area contributed by atoms with Crippen LogP contribution in [-0.4, -0.2) is 41.1 Å². The molecule has 0 aliphatic carbocycles. The molecule has 20 heavy (non-hydrogen) atoms. The van der Waals surface area contributed by atoms with Crippen LogP contribution in [0.5, 0.6) is 0 Å². The predicted molar refractivity (Wildman–Crippen MR) is 80.7 cm³/mol. The Bertz CT molecular complexity index is 632. The number of nitrogens with zero attached hydrogens (tertiary/aromatic N) is 2. The Morgan fingerprint density at radius 3 is 3.00 bits per heavy atom. The van der Waals surface area contributed by atoms with Gasteiger partial charge >= 0.3 is 0 Å². The van der Waals surface area contributed by atoms with Crippen LogP contribution in [0.1, 0.15) is 12.6 Å². The van der Waals surface area contributed by atoms with E-state index in [2.05, 4.69) is 41.9 Å². The molecule has 2 aromatic rings. The molecule has 1 saturated heterocycles. The van der Waals surface area contributed by atoms with Crippen molar-refractivity contribution in [1.29, 1.82) is 0 Å². The van der Waals surface area contributed by atoms with E-state index in [1.54, 1.807) is 0 Å². The quantitative estimate of drug-likeness (QED) is 0.904. The van der Waals surface area contributed by atoms with Crippen molar-refractivity contribution in [3.05, 3.63) is 36.0 Å². The number of carbonyl (C=O) groups excluding carboxylic acids is 1. The number of aromatic nitrogens is 1. The molecule has 1 fully saturated rings. The molecule has 0 spiro atoms. The van der Waals surface area contributed by atoms with Gasteiger partial charge in [-0.3, -0.25) is 4.79 Å². The number of fused-ring (bicyclic) bond motifs is 1. The molecule has 106 valence electrons. The number of amides is 1. The monoisotopic (exact) mass is 271 g/mol. The van der Waals surface area contributed by atoms with Gasteiger partial charge in [0.25, 0.3) is 0 Å². The van der Waals surface area contributed by atoms with Gasteiger partial charge in [0, 0.05) is 36.9 Å². The van der Waals surface area contributed by atoms with Crippen LogP contribution in [-0.2, 0) is 11.3 Å². The van der Waals surface area contributed by atoms with Gasteiger partial charge in [0.2, 0.25) is 5.91 Å². The van der Waals surface area contributed by atoms with E-state index in [0.29, 0.717) is 12.6 Å². The third kappa shape index (κ3) is 2.43. The van der Waals surface area contributed by atoms with Gasteiger partial charge in [0.05, 0.1) is 0 Å². The number of piperazine rings is 1. The Morgan fingerprint density at radius 2 is 2.20 bits per heavy atom. The summed E-state index contributed by atoms with van der Waals surface area (Å²) in [5, 5.41) is 4.57. The number of nitrogens with one attached hydrogen (secondary N) is 1. The minimum Gasteiger partial charge on any atom is -0.338 e. The predicted octanol–water partition coefficient (Wildman–Crippen LogP) is 1.77. The van der Waals surface area contributed by atoms with Crippen molar-refractivity contribution in [2.24, 2.45) is 0 Å². The van der Waals surface area contributed by atoms with Crippen LogP contribution in [0.3, 0.4) is 0 Å². The van der Waals surface area contributed by atoms with E-state index in [0.717, 1.165) is 30.8 Å². The van der Waals surface area contributed by atoms with Gasteiger partial charge in [-0.15, -0.1) is 0 Å². The SMILES string of the molecule is Cc1cc2ccccc2n1CC(=O)N1CCN[C@H](C)C1. The Balaban J connectivity index is 1.82. The molecule has 0 radical (unpaired) electrons. The minimum absolute atomic E-state index is 0.211. The standard InChI is InChI=1S/C16H21N3O/c1-12-10-18(8-7-17-12)16(20)11-19-13(2)9-14-5-3-4-6-15(14)19/h3-6,9,12,17H,7-8,10-11H2,1-2H3/t12-/m1/s1. The first-order valence-electron chi connectivity index (χ1n) is 7.21. The fourth-order valence-corrected chi connectivity index (χ4v) is 2.95. The molecule has 1 atom stereocenters. The highest BCUT2D eigenvalue weighted by atomic mass is 16.2. The fourth-order valence-electron chi connectivity index (χ4n) is 2.95. The van der Waals surface area contributed by atoms with Crippen molar-refractivity contribution >= 4 is 16.8 Å². The summed E-state index contributed by atoms with van der Waals surface area (Å²) in [6.45, 7) is 7.12. The van der Waals surface area contributed by atoms with Crippen LogP contribution in [0.4, 0.5) is 0 Å². The Labute approximate surface area is 119 Å². The normalized spacial score (nSPS) is 19.5. The Hall–Kier alpha value is -1.81. The average Bonchev–Trinajstić information content (AvgIpc) is 2.75. The maximum Gasteiger partial charge on any atom is 0.242 e. The molecular weight excluding hydrogens is 250 g/mol. The third-order valence-electron chi connectivity index (χ3n) is 4.03. The van der Waals surface area contributed by atoms with Gasteiger partial charge in [-0.25, -0.2) is 0 Å². The summed E-state index contributed by atoms with van der Waals surface area (Å²) >= 11 is 0. The van der Waals surface area contributed by atoms with E-state index < -0.39 is 0 Å². The first-order valence-corrected chi connectivity index (χ1v) is 7.21. The maximum atomic E-state index is 12.5. The molecule has 1 aliphatic heterocycles. The molecule has 3 rings (SSSR count). The third-order valence-corrected chi connectivity index (χ3v) is 4.03. The molecule has 0 saturated carbocycles. The summed E-state index contributed by atoms with van der Waals surface area (Å²) in [5.41, 5.74) is 2.28. The summed E-state index contributed by atoms with van der Waals surface area (Å²) in [7, 11) is 0. The van der Waals surface area contributed by atoms with E-state index in [-0.39, 0.29) is 5.91 Å². The summed E-state index contributed by atoms with van der Waals surface area (Å²) in [4.78, 5) is 14.5. The molecule has 4 nitrogen and oxygen atoms in total. The van der Waals surface area contributed by atoms with Crippen molar-refractivity contribution in [1.82, 2.24) is 14.8 Å². The van der Waals surface area contributed by atoms with Crippen LogP contribution in [0.2, 0.25) is 0 Å². The molecule has 1 amide bonds. The van der Waals surface area contributed by atoms with Gasteiger partial charge < -0.3 is 14.8 Å². The topological polar surface area (TPSA) is 37.3 Å². The smallest absolute Gasteiger partial charge is 0.242 e. The molecular formula is C16H21N3O. The van der Waals surface area contributed by atoms with Crippen molar-refractivity contribution in [2.75, 3.05) is 19.6 Å². The molecule has 1 N–H and O–H groups in total. The first-order chi connectivity index (χ1) is 9.65. The Kier molecular flexibility index (Phi) is 3.49. The zero-order chi connectivity index (χ0) is 14.1. The van der Waals surface area contributed by atoms with Crippen LogP contribution in [0.15, 0.2) is 30.3 Å². The first kappa shape index (κ1) is 13.2. The summed E-state index contributed by atoms with van der Waals surface area (Å²) in [6.07, 6.45) is 0. The van der Waals surface area contributed by atoms with E-state index >= 15 is 0 Å². The number of aryl methyl sites for hydroxylation is 1. The molecule has 1 aromatic heterocycles. The van der Waals surface area contributed by atoms with Gasteiger partial charge in [-0.05, 0) is 31.4 Å². The second-order valence-corrected chi connectivity index (χ2v) is 5.63. The summed E-state index contributed by atoms with van der Waals surface area (Å²) in [5.74, 6) is 0.211. The van der Waals surface area contributed by atoms with Crippen LogP contribution < -0.4 is 5.32 Å². The number of rotatable bonds is 2. The van der Waals surface area contributed by atoms with Gasteiger partial charge in [0.1, 0.15) is 6.54 Å². The lowest BCUT2D eigenvalue weighted by Gasteiger charge is -2.32. The number of hydrogen-bond donors (Lipinski definition) is 1. The average molecular weight is 271 g/mol. The lowest BCUT2D eigenvalue weighted by molar-refractivity contribution is -0.132. The van der Waals surface area contributed by atoms with Crippen molar-refractivity contribution in [3.63, 3.8) is 0 Å². The number of para-hydroxylation sites is 1. The van der Waals surface area contributed by atoms with Crippen molar-refractivity contribution in [3.8, 4) is 0 Å². The van der Waals surface area contributed by atoms with E-state index in [9.17, 15) is 4.79 Å². The largest absolute Gasteiger partial charge is 0.338 e. The van der Waals surface area contributed by atoms with Crippen LogP contribution >= 0.6 is 0 Å². The molecule has 0 unspecified atom stereocenters.